The normalized spacial score (nSPS) is 11.9. The van der Waals surface area contributed by atoms with E-state index in [1.165, 1.54) is 15.3 Å². The van der Waals surface area contributed by atoms with Crippen LogP contribution in [0, 0.1) is 13.8 Å². The molecule has 0 spiro atoms. The van der Waals surface area contributed by atoms with E-state index in [2.05, 4.69) is 0 Å². The van der Waals surface area contributed by atoms with E-state index >= 15 is 0 Å². The number of thiophene rings is 1. The lowest BCUT2D eigenvalue weighted by atomic mass is 10.4. The van der Waals surface area contributed by atoms with Gasteiger partial charge in [0.1, 0.15) is 4.21 Å². The van der Waals surface area contributed by atoms with Crippen molar-refractivity contribution in [1.82, 2.24) is 3.97 Å². The number of rotatable bonds is 2. The molecule has 0 bridgehead atoms. The Labute approximate surface area is 93.0 Å². The van der Waals surface area contributed by atoms with Gasteiger partial charge in [-0.1, -0.05) is 0 Å². The summed E-state index contributed by atoms with van der Waals surface area (Å²) >= 11 is 1.29. The van der Waals surface area contributed by atoms with Gasteiger partial charge >= 0.3 is 0 Å². The first-order valence-corrected chi connectivity index (χ1v) is 6.72. The first kappa shape index (κ1) is 10.4. The molecule has 0 aliphatic carbocycles. The van der Waals surface area contributed by atoms with Gasteiger partial charge in [-0.2, -0.15) is 8.42 Å². The summed E-state index contributed by atoms with van der Waals surface area (Å²) in [5.41, 5.74) is 0.937. The molecular formula is C10H11NO2S2. The molecule has 0 atom stereocenters. The molecule has 0 radical (unpaired) electrons. The molecule has 3 nitrogen and oxygen atoms in total. The largest absolute Gasteiger partial charge is 0.277 e. The zero-order valence-corrected chi connectivity index (χ0v) is 10.1. The number of nitrogens with zero attached hydrogens (tertiary/aromatic N) is 1. The van der Waals surface area contributed by atoms with Crippen LogP contribution in [0.1, 0.15) is 10.4 Å². The van der Waals surface area contributed by atoms with E-state index in [1.54, 1.807) is 24.5 Å². The molecule has 2 aromatic rings. The fourth-order valence-electron chi connectivity index (χ4n) is 1.28. The second kappa shape index (κ2) is 3.50. The van der Waals surface area contributed by atoms with E-state index in [0.717, 1.165) is 10.4 Å². The van der Waals surface area contributed by atoms with E-state index in [1.807, 2.05) is 19.9 Å². The topological polar surface area (TPSA) is 39.1 Å². The molecule has 80 valence electrons. The maximum Gasteiger partial charge on any atom is 0.277 e. The molecule has 2 aromatic heterocycles. The van der Waals surface area contributed by atoms with Gasteiger partial charge in [-0.25, -0.2) is 3.97 Å². The lowest BCUT2D eigenvalue weighted by molar-refractivity contribution is 0.589. The highest BCUT2D eigenvalue weighted by Crippen LogP contribution is 2.23. The van der Waals surface area contributed by atoms with E-state index < -0.39 is 10.0 Å². The zero-order valence-electron chi connectivity index (χ0n) is 8.47. The third-order valence-electron chi connectivity index (χ3n) is 2.06. The molecule has 15 heavy (non-hydrogen) atoms. The van der Waals surface area contributed by atoms with Crippen LogP contribution in [0.25, 0.3) is 0 Å². The predicted octanol–water partition coefficient (Wildman–Crippen LogP) is 2.40. The van der Waals surface area contributed by atoms with E-state index in [9.17, 15) is 8.42 Å². The van der Waals surface area contributed by atoms with Crippen molar-refractivity contribution in [2.24, 2.45) is 0 Å². The summed E-state index contributed by atoms with van der Waals surface area (Å²) < 4.78 is 25.7. The van der Waals surface area contributed by atoms with Crippen molar-refractivity contribution < 1.29 is 8.42 Å². The maximum atomic E-state index is 12.0. The van der Waals surface area contributed by atoms with Gasteiger partial charge in [-0.3, -0.25) is 0 Å². The molecule has 0 N–H and O–H groups in total. The minimum Gasteiger partial charge on any atom is -0.248 e. The summed E-state index contributed by atoms with van der Waals surface area (Å²) in [5.74, 6) is 0. The Hall–Kier alpha value is -1.07. The third kappa shape index (κ3) is 1.85. The highest BCUT2D eigenvalue weighted by atomic mass is 32.2. The van der Waals surface area contributed by atoms with Gasteiger partial charge in [0.25, 0.3) is 10.0 Å². The molecule has 0 saturated heterocycles. The zero-order chi connectivity index (χ0) is 11.1. The molecule has 5 heteroatoms. The predicted molar refractivity (Wildman–Crippen MR) is 60.8 cm³/mol. The van der Waals surface area contributed by atoms with Crippen LogP contribution < -0.4 is 0 Å². The Balaban J connectivity index is 2.53. The summed E-state index contributed by atoms with van der Waals surface area (Å²) in [6.45, 7) is 3.76. The fraction of sp³-hybridized carbons (Fsp3) is 0.200. The second-order valence-corrected chi connectivity index (χ2v) is 6.75. The summed E-state index contributed by atoms with van der Waals surface area (Å²) in [6, 6.07) is 5.23. The summed E-state index contributed by atoms with van der Waals surface area (Å²) in [7, 11) is -3.36. The molecule has 0 aliphatic rings. The van der Waals surface area contributed by atoms with Crippen LogP contribution in [0.15, 0.2) is 34.8 Å². The maximum absolute atomic E-state index is 12.0. The first-order valence-electron chi connectivity index (χ1n) is 4.47. The first-order chi connectivity index (χ1) is 7.00. The van der Waals surface area contributed by atoms with Gasteiger partial charge in [0, 0.05) is 17.3 Å². The highest BCUT2D eigenvalue weighted by molar-refractivity contribution is 7.92. The monoisotopic (exact) mass is 241 g/mol. The summed E-state index contributed by atoms with van der Waals surface area (Å²) in [5, 5.41) is 0. The Kier molecular flexibility index (Phi) is 2.44. The molecule has 0 amide bonds. The quantitative estimate of drug-likeness (QED) is 0.810. The third-order valence-corrected chi connectivity index (χ3v) is 5.17. The lowest BCUT2D eigenvalue weighted by Gasteiger charge is -2.01. The van der Waals surface area contributed by atoms with Crippen LogP contribution in [-0.4, -0.2) is 12.4 Å². The van der Waals surface area contributed by atoms with Gasteiger partial charge in [0.2, 0.25) is 0 Å². The lowest BCUT2D eigenvalue weighted by Crippen LogP contribution is -2.08. The Morgan fingerprint density at radius 1 is 1.20 bits per heavy atom. The molecule has 2 heterocycles. The molecule has 0 saturated carbocycles. The van der Waals surface area contributed by atoms with E-state index in [4.69, 9.17) is 0 Å². The van der Waals surface area contributed by atoms with Crippen molar-refractivity contribution in [3.63, 3.8) is 0 Å². The van der Waals surface area contributed by atoms with Gasteiger partial charge in [-0.05, 0) is 37.6 Å². The average Bonchev–Trinajstić information content (AvgIpc) is 2.74. The number of aromatic nitrogens is 1. The van der Waals surface area contributed by atoms with Crippen molar-refractivity contribution in [3.8, 4) is 0 Å². The van der Waals surface area contributed by atoms with Crippen LogP contribution in [-0.2, 0) is 10.0 Å². The SMILES string of the molecule is Cc1ccn(S(=O)(=O)c2ccc(C)s2)c1. The summed E-state index contributed by atoms with van der Waals surface area (Å²) in [6.07, 6.45) is 3.18. The Morgan fingerprint density at radius 3 is 2.40 bits per heavy atom. The minimum absolute atomic E-state index is 0.385. The van der Waals surface area contributed by atoms with Crippen molar-refractivity contribution >= 4 is 21.4 Å². The van der Waals surface area contributed by atoms with Crippen LogP contribution in [0.4, 0.5) is 0 Å². The fourth-order valence-corrected chi connectivity index (χ4v) is 3.92. The summed E-state index contributed by atoms with van der Waals surface area (Å²) in [4.78, 5) is 0.998. The van der Waals surface area contributed by atoms with Crippen LogP contribution in [0.2, 0.25) is 0 Å². The van der Waals surface area contributed by atoms with Gasteiger partial charge in [-0.15, -0.1) is 11.3 Å². The second-order valence-electron chi connectivity index (χ2n) is 3.39. The standard InChI is InChI=1S/C10H11NO2S2/c1-8-5-6-11(7-8)15(12,13)10-4-3-9(2)14-10/h3-7H,1-2H3. The van der Waals surface area contributed by atoms with Crippen LogP contribution >= 0.6 is 11.3 Å². The Morgan fingerprint density at radius 2 is 1.93 bits per heavy atom. The number of hydrogen-bond donors (Lipinski definition) is 0. The molecule has 0 aromatic carbocycles. The average molecular weight is 241 g/mol. The van der Waals surface area contributed by atoms with Gasteiger partial charge in [0.05, 0.1) is 0 Å². The number of aryl methyl sites for hydroxylation is 2. The minimum atomic E-state index is -3.36. The molecule has 0 aliphatic heterocycles. The van der Waals surface area contributed by atoms with Crippen molar-refractivity contribution in [1.29, 1.82) is 0 Å². The Bertz CT molecular complexity index is 532. The smallest absolute Gasteiger partial charge is 0.248 e. The molecule has 2 rings (SSSR count). The van der Waals surface area contributed by atoms with Crippen molar-refractivity contribution in [3.05, 3.63) is 41.0 Å². The molecule has 0 fully saturated rings. The molecule has 0 unspecified atom stereocenters. The van der Waals surface area contributed by atoms with Crippen molar-refractivity contribution in [2.45, 2.75) is 18.1 Å². The van der Waals surface area contributed by atoms with E-state index in [-0.39, 0.29) is 0 Å². The highest BCUT2D eigenvalue weighted by Gasteiger charge is 2.17. The van der Waals surface area contributed by atoms with Crippen LogP contribution in [0.3, 0.4) is 0 Å². The van der Waals surface area contributed by atoms with Gasteiger partial charge in [0.15, 0.2) is 0 Å². The molecular weight excluding hydrogens is 230 g/mol. The number of hydrogen-bond acceptors (Lipinski definition) is 3. The van der Waals surface area contributed by atoms with Crippen molar-refractivity contribution in [2.75, 3.05) is 0 Å². The van der Waals surface area contributed by atoms with Gasteiger partial charge < -0.3 is 0 Å². The van der Waals surface area contributed by atoms with Crippen LogP contribution in [0.5, 0.6) is 0 Å². The van der Waals surface area contributed by atoms with E-state index in [0.29, 0.717) is 4.21 Å².